The molecule has 2 nitrogen and oxygen atoms in total. The molecule has 1 aliphatic rings. The molecule has 1 fully saturated rings. The highest BCUT2D eigenvalue weighted by Gasteiger charge is 2.18. The average Bonchev–Trinajstić information content (AvgIpc) is 2.12. The van der Waals surface area contributed by atoms with Gasteiger partial charge in [0, 0.05) is 6.54 Å². The summed E-state index contributed by atoms with van der Waals surface area (Å²) in [5, 5.41) is 12.2. The van der Waals surface area contributed by atoms with Crippen molar-refractivity contribution in [2.75, 3.05) is 13.1 Å². The van der Waals surface area contributed by atoms with Gasteiger partial charge in [0.1, 0.15) is 0 Å². The van der Waals surface area contributed by atoms with E-state index in [1.807, 2.05) is 6.92 Å². The van der Waals surface area contributed by atoms with Crippen LogP contribution in [0.25, 0.3) is 0 Å². The van der Waals surface area contributed by atoms with E-state index in [2.05, 4.69) is 5.32 Å². The Labute approximate surface area is 49.9 Å². The first-order valence-corrected chi connectivity index (χ1v) is 3.19. The molecule has 0 aromatic rings. The van der Waals surface area contributed by atoms with Gasteiger partial charge < -0.3 is 10.4 Å². The van der Waals surface area contributed by atoms with Gasteiger partial charge in [-0.2, -0.15) is 0 Å². The van der Waals surface area contributed by atoms with Crippen LogP contribution in [-0.2, 0) is 0 Å². The van der Waals surface area contributed by atoms with E-state index in [0.717, 1.165) is 19.5 Å². The molecule has 0 aromatic carbocycles. The van der Waals surface area contributed by atoms with Crippen LogP contribution in [0.1, 0.15) is 13.3 Å². The Kier molecular flexibility index (Phi) is 1.86. The molecule has 1 heterocycles. The molecule has 2 N–H and O–H groups in total. The summed E-state index contributed by atoms with van der Waals surface area (Å²) in [6.07, 6.45) is 1.02. The van der Waals surface area contributed by atoms with Crippen molar-refractivity contribution in [1.82, 2.24) is 5.32 Å². The largest absolute Gasteiger partial charge is 0.393 e. The number of nitrogens with one attached hydrogen (secondary N) is 1. The van der Waals surface area contributed by atoms with Crippen molar-refractivity contribution in [3.63, 3.8) is 0 Å². The maximum atomic E-state index is 9.01. The summed E-state index contributed by atoms with van der Waals surface area (Å²) >= 11 is 0. The molecule has 1 unspecified atom stereocenters. The van der Waals surface area contributed by atoms with Crippen LogP contribution in [-0.4, -0.2) is 24.3 Å². The van der Waals surface area contributed by atoms with Crippen molar-refractivity contribution in [1.29, 1.82) is 0 Å². The molecular formula is C6H13NO. The van der Waals surface area contributed by atoms with Gasteiger partial charge in [0.25, 0.3) is 0 Å². The Balaban J connectivity index is 2.24. The Morgan fingerprint density at radius 2 is 2.50 bits per heavy atom. The van der Waals surface area contributed by atoms with Crippen molar-refractivity contribution in [2.24, 2.45) is 5.92 Å². The van der Waals surface area contributed by atoms with E-state index in [1.165, 1.54) is 0 Å². The quantitative estimate of drug-likeness (QED) is 0.503. The Hall–Kier alpha value is -0.0800. The standard InChI is InChI=1S/C6H13NO/c1-5(8)6-2-3-7-4-6/h5-8H,2-4H2,1H3/t5-,6?/m1/s1. The lowest BCUT2D eigenvalue weighted by Gasteiger charge is -2.09. The first-order valence-electron chi connectivity index (χ1n) is 3.19. The van der Waals surface area contributed by atoms with Gasteiger partial charge in [0.2, 0.25) is 0 Å². The molecule has 0 spiro atoms. The SMILES string of the molecule is C[C@@H](O)C1CCNC1. The molecule has 0 bridgehead atoms. The van der Waals surface area contributed by atoms with E-state index in [-0.39, 0.29) is 6.10 Å². The highest BCUT2D eigenvalue weighted by atomic mass is 16.3. The summed E-state index contributed by atoms with van der Waals surface area (Å²) in [6.45, 7) is 3.94. The molecule has 48 valence electrons. The normalized spacial score (nSPS) is 33.0. The second-order valence-corrected chi connectivity index (χ2v) is 2.49. The molecule has 2 heteroatoms. The third-order valence-corrected chi connectivity index (χ3v) is 1.78. The fourth-order valence-electron chi connectivity index (χ4n) is 1.09. The molecule has 0 aliphatic carbocycles. The summed E-state index contributed by atoms with van der Waals surface area (Å²) in [4.78, 5) is 0. The van der Waals surface area contributed by atoms with Crippen molar-refractivity contribution >= 4 is 0 Å². The van der Waals surface area contributed by atoms with E-state index < -0.39 is 0 Å². The van der Waals surface area contributed by atoms with Gasteiger partial charge in [-0.15, -0.1) is 0 Å². The number of aliphatic hydroxyl groups is 1. The Morgan fingerprint density at radius 1 is 1.75 bits per heavy atom. The van der Waals surface area contributed by atoms with E-state index in [4.69, 9.17) is 5.11 Å². The highest BCUT2D eigenvalue weighted by Crippen LogP contribution is 2.10. The topological polar surface area (TPSA) is 32.3 Å². The van der Waals surface area contributed by atoms with Crippen LogP contribution in [0.2, 0.25) is 0 Å². The van der Waals surface area contributed by atoms with Crippen molar-refractivity contribution < 1.29 is 5.11 Å². The first kappa shape index (κ1) is 6.05. The van der Waals surface area contributed by atoms with Crippen molar-refractivity contribution in [2.45, 2.75) is 19.4 Å². The molecular weight excluding hydrogens is 102 g/mol. The Bertz CT molecular complexity index is 66.9. The number of aliphatic hydroxyl groups excluding tert-OH is 1. The third kappa shape index (κ3) is 1.20. The third-order valence-electron chi connectivity index (χ3n) is 1.78. The van der Waals surface area contributed by atoms with Crippen molar-refractivity contribution in [3.05, 3.63) is 0 Å². The van der Waals surface area contributed by atoms with Gasteiger partial charge in [-0.1, -0.05) is 0 Å². The summed E-state index contributed by atoms with van der Waals surface area (Å²) in [5.74, 6) is 0.509. The van der Waals surface area contributed by atoms with Crippen LogP contribution in [0.3, 0.4) is 0 Å². The van der Waals surface area contributed by atoms with Gasteiger partial charge in [-0.05, 0) is 25.8 Å². The van der Waals surface area contributed by atoms with Gasteiger partial charge in [-0.25, -0.2) is 0 Å². The first-order chi connectivity index (χ1) is 3.80. The predicted molar refractivity (Wildman–Crippen MR) is 32.7 cm³/mol. The fraction of sp³-hybridized carbons (Fsp3) is 1.00. The second kappa shape index (κ2) is 2.46. The monoisotopic (exact) mass is 115 g/mol. The molecule has 1 aliphatic heterocycles. The summed E-state index contributed by atoms with van der Waals surface area (Å²) < 4.78 is 0. The minimum absolute atomic E-state index is 0.120. The van der Waals surface area contributed by atoms with Crippen LogP contribution < -0.4 is 5.32 Å². The maximum Gasteiger partial charge on any atom is 0.0552 e. The second-order valence-electron chi connectivity index (χ2n) is 2.49. The number of rotatable bonds is 1. The summed E-state index contributed by atoms with van der Waals surface area (Å²) in [7, 11) is 0. The van der Waals surface area contributed by atoms with Crippen LogP contribution in [0.4, 0.5) is 0 Å². The molecule has 0 radical (unpaired) electrons. The van der Waals surface area contributed by atoms with Gasteiger partial charge in [0.15, 0.2) is 0 Å². The van der Waals surface area contributed by atoms with Crippen LogP contribution in [0.5, 0.6) is 0 Å². The zero-order chi connectivity index (χ0) is 5.98. The molecule has 0 saturated carbocycles. The molecule has 0 amide bonds. The van der Waals surface area contributed by atoms with Gasteiger partial charge in [-0.3, -0.25) is 0 Å². The molecule has 1 saturated heterocycles. The number of hydrogen-bond acceptors (Lipinski definition) is 2. The minimum Gasteiger partial charge on any atom is -0.393 e. The minimum atomic E-state index is -0.120. The lowest BCUT2D eigenvalue weighted by atomic mass is 10.0. The van der Waals surface area contributed by atoms with Gasteiger partial charge >= 0.3 is 0 Å². The summed E-state index contributed by atoms with van der Waals surface area (Å²) in [5.41, 5.74) is 0. The van der Waals surface area contributed by atoms with Crippen LogP contribution in [0.15, 0.2) is 0 Å². The predicted octanol–water partition coefficient (Wildman–Crippen LogP) is -0.0233. The van der Waals surface area contributed by atoms with E-state index >= 15 is 0 Å². The van der Waals surface area contributed by atoms with E-state index in [9.17, 15) is 0 Å². The molecule has 0 aromatic heterocycles. The van der Waals surface area contributed by atoms with Crippen molar-refractivity contribution in [3.8, 4) is 0 Å². The zero-order valence-corrected chi connectivity index (χ0v) is 5.22. The van der Waals surface area contributed by atoms with E-state index in [1.54, 1.807) is 0 Å². The fourth-order valence-corrected chi connectivity index (χ4v) is 1.09. The lowest BCUT2D eigenvalue weighted by molar-refractivity contribution is 0.136. The molecule has 1 rings (SSSR count). The smallest absolute Gasteiger partial charge is 0.0552 e. The van der Waals surface area contributed by atoms with Gasteiger partial charge in [0.05, 0.1) is 6.10 Å². The Morgan fingerprint density at radius 3 is 2.75 bits per heavy atom. The lowest BCUT2D eigenvalue weighted by Crippen LogP contribution is -2.19. The van der Waals surface area contributed by atoms with Crippen LogP contribution in [0, 0.1) is 5.92 Å². The zero-order valence-electron chi connectivity index (χ0n) is 5.22. The van der Waals surface area contributed by atoms with Crippen LogP contribution >= 0.6 is 0 Å². The average molecular weight is 115 g/mol. The molecule has 2 atom stereocenters. The van der Waals surface area contributed by atoms with E-state index in [0.29, 0.717) is 5.92 Å². The summed E-state index contributed by atoms with van der Waals surface area (Å²) in [6, 6.07) is 0. The highest BCUT2D eigenvalue weighted by molar-refractivity contribution is 4.74. The molecule has 8 heavy (non-hydrogen) atoms. The maximum absolute atomic E-state index is 9.01. The number of hydrogen-bond donors (Lipinski definition) is 2.